The van der Waals surface area contributed by atoms with E-state index in [4.69, 9.17) is 9.84 Å². The Morgan fingerprint density at radius 3 is 3.06 bits per heavy atom. The first kappa shape index (κ1) is 15.4. The first-order valence-electron chi connectivity index (χ1n) is 5.22. The zero-order valence-corrected chi connectivity index (χ0v) is 11.0. The maximum Gasteiger partial charge on any atom is 0.191 e. The smallest absolute Gasteiger partial charge is 0.191 e. The zero-order chi connectivity index (χ0) is 10.9. The van der Waals surface area contributed by atoms with Crippen molar-refractivity contribution in [2.45, 2.75) is 12.5 Å². The van der Waals surface area contributed by atoms with E-state index in [1.54, 1.807) is 0 Å². The molecule has 0 radical (unpaired) electrons. The molecule has 0 aromatic rings. The Morgan fingerprint density at radius 1 is 1.62 bits per heavy atom. The van der Waals surface area contributed by atoms with Crippen molar-refractivity contribution >= 4 is 22.9 Å². The van der Waals surface area contributed by atoms with Crippen LogP contribution in [-0.2, 0) is 4.74 Å². The number of ether oxygens (including phenoxy) is 1. The number of aliphatic imine (C=N–C) groups is 1. The van der Waals surface area contributed by atoms with Gasteiger partial charge in [0.25, 0.3) is 0 Å². The molecule has 3 N–H and O–H groups in total. The molecule has 1 atom stereocenters. The summed E-state index contributed by atoms with van der Waals surface area (Å²) in [5.41, 5.74) is 0. The summed E-state index contributed by atoms with van der Waals surface area (Å²) in [4.78, 5) is 4.12. The molecule has 1 unspecified atom stereocenters. The molecule has 1 aliphatic heterocycles. The summed E-state index contributed by atoms with van der Waals surface area (Å²) in [5, 5.41) is 15.2. The number of nitrogens with zero attached hydrogens (tertiary/aromatic N) is 1. The monoisotopic (exact) mass is 293 g/mol. The summed E-state index contributed by atoms with van der Waals surface area (Å²) >= 11 is 0. The van der Waals surface area contributed by atoms with E-state index in [0.717, 1.165) is 18.9 Å². The summed E-state index contributed by atoms with van der Waals surface area (Å²) in [6, 6.07) is 0. The molecule has 1 aliphatic rings. The van der Waals surface area contributed by atoms with Crippen LogP contribution < -0.4 is 10.6 Å². The highest BCUT2D eigenvalue weighted by molar-refractivity contribution is 8.93. The minimum atomic E-state index is -0.362. The van der Waals surface area contributed by atoms with Crippen LogP contribution >= 0.6 is 17.0 Å². The number of hydrogen-bond donors (Lipinski definition) is 3. The fourth-order valence-electron chi connectivity index (χ4n) is 1.16. The van der Waals surface area contributed by atoms with Crippen molar-refractivity contribution < 1.29 is 9.84 Å². The lowest BCUT2D eigenvalue weighted by Gasteiger charge is -2.19. The summed E-state index contributed by atoms with van der Waals surface area (Å²) in [5.74, 6) is 0.743. The quantitative estimate of drug-likeness (QED) is 0.479. The first-order valence-corrected chi connectivity index (χ1v) is 5.22. The van der Waals surface area contributed by atoms with Gasteiger partial charge in [-0.05, 0) is 6.42 Å². The minimum Gasteiger partial charge on any atom is -0.389 e. The Hall–Kier alpha value is -0.590. The number of halogens is 1. The number of rotatable bonds is 6. The molecule has 0 aliphatic carbocycles. The number of β-amino-alcohol motifs (C(OH)–C–C–N with tert-alkyl or cyclic N) is 1. The molecule has 5 nitrogen and oxygen atoms in total. The van der Waals surface area contributed by atoms with E-state index >= 15 is 0 Å². The van der Waals surface area contributed by atoms with Crippen LogP contribution in [0.1, 0.15) is 6.42 Å². The molecule has 1 heterocycles. The molecule has 0 aromatic carbocycles. The van der Waals surface area contributed by atoms with Gasteiger partial charge in [-0.1, -0.05) is 6.08 Å². The second-order valence-electron chi connectivity index (χ2n) is 3.34. The van der Waals surface area contributed by atoms with Crippen molar-refractivity contribution in [1.29, 1.82) is 0 Å². The topological polar surface area (TPSA) is 65.9 Å². The Balaban J connectivity index is 0.00000225. The fourth-order valence-corrected chi connectivity index (χ4v) is 1.16. The Labute approximate surface area is 107 Å². The number of nitrogens with one attached hydrogen (secondary N) is 2. The highest BCUT2D eigenvalue weighted by Gasteiger charge is 2.10. The van der Waals surface area contributed by atoms with Crippen molar-refractivity contribution in [2.75, 3.05) is 32.8 Å². The van der Waals surface area contributed by atoms with Crippen molar-refractivity contribution in [3.63, 3.8) is 0 Å². The van der Waals surface area contributed by atoms with Gasteiger partial charge < -0.3 is 20.5 Å². The Bertz CT molecular complexity index is 224. The van der Waals surface area contributed by atoms with Gasteiger partial charge >= 0.3 is 0 Å². The number of guanidine groups is 1. The van der Waals surface area contributed by atoms with Gasteiger partial charge in [-0.2, -0.15) is 0 Å². The lowest BCUT2D eigenvalue weighted by molar-refractivity contribution is 0.143. The molecule has 0 bridgehead atoms. The second-order valence-corrected chi connectivity index (χ2v) is 3.34. The third kappa shape index (κ3) is 6.81. The van der Waals surface area contributed by atoms with Gasteiger partial charge in [-0.15, -0.1) is 23.6 Å². The molecule has 16 heavy (non-hydrogen) atoms. The van der Waals surface area contributed by atoms with Gasteiger partial charge in [-0.3, -0.25) is 4.99 Å². The number of aliphatic hydroxyl groups excluding tert-OH is 1. The van der Waals surface area contributed by atoms with Crippen LogP contribution in [0, 0.1) is 0 Å². The molecule has 0 aromatic heterocycles. The third-order valence-corrected chi connectivity index (χ3v) is 1.97. The molecule has 0 fully saturated rings. The molecule has 0 amide bonds. The van der Waals surface area contributed by atoms with Crippen molar-refractivity contribution in [2.24, 2.45) is 4.99 Å². The van der Waals surface area contributed by atoms with Crippen LogP contribution in [0.2, 0.25) is 0 Å². The standard InChI is InChI=1S/C10H19N3O2.BrH/c1-2-3-5-15-6-4-11-10-12-7-9(14)8-13-10;/h2,9,14H,1,3-8H2,(H2,11,12,13);1H. The van der Waals surface area contributed by atoms with E-state index in [1.165, 1.54) is 0 Å². The Kier molecular flexibility index (Phi) is 9.27. The molecule has 94 valence electrons. The average Bonchev–Trinajstić information content (AvgIpc) is 2.26. The predicted molar refractivity (Wildman–Crippen MR) is 70.3 cm³/mol. The van der Waals surface area contributed by atoms with E-state index in [9.17, 15) is 0 Å². The molecule has 0 saturated heterocycles. The third-order valence-electron chi connectivity index (χ3n) is 1.97. The predicted octanol–water partition coefficient (Wildman–Crippen LogP) is 0.0667. The summed E-state index contributed by atoms with van der Waals surface area (Å²) in [6.45, 7) is 6.72. The maximum atomic E-state index is 9.16. The lowest BCUT2D eigenvalue weighted by atomic mass is 10.3. The van der Waals surface area contributed by atoms with Crippen molar-refractivity contribution in [3.05, 3.63) is 12.7 Å². The van der Waals surface area contributed by atoms with Crippen molar-refractivity contribution in [1.82, 2.24) is 10.6 Å². The molecule has 0 spiro atoms. The van der Waals surface area contributed by atoms with Gasteiger partial charge in [0, 0.05) is 13.1 Å². The molecule has 1 rings (SSSR count). The number of hydrogen-bond acceptors (Lipinski definition) is 5. The average molecular weight is 294 g/mol. The summed E-state index contributed by atoms with van der Waals surface area (Å²) < 4.78 is 5.32. The van der Waals surface area contributed by atoms with Crippen LogP contribution in [0.25, 0.3) is 0 Å². The van der Waals surface area contributed by atoms with Gasteiger partial charge in [0.2, 0.25) is 0 Å². The SMILES string of the molecule is Br.C=CCCOCCNC1=NCC(O)CN1. The van der Waals surface area contributed by atoms with Gasteiger partial charge in [0.1, 0.15) is 0 Å². The van der Waals surface area contributed by atoms with E-state index in [1.807, 2.05) is 6.08 Å². The van der Waals surface area contributed by atoms with Gasteiger partial charge in [0.05, 0.1) is 25.9 Å². The van der Waals surface area contributed by atoms with E-state index < -0.39 is 0 Å². The largest absolute Gasteiger partial charge is 0.389 e. The molecular formula is C10H20BrN3O2. The van der Waals surface area contributed by atoms with Crippen molar-refractivity contribution in [3.8, 4) is 0 Å². The van der Waals surface area contributed by atoms with Crippen LogP contribution in [0.5, 0.6) is 0 Å². The Morgan fingerprint density at radius 2 is 2.44 bits per heavy atom. The van der Waals surface area contributed by atoms with Crippen LogP contribution in [0.4, 0.5) is 0 Å². The normalized spacial score (nSPS) is 19.1. The second kappa shape index (κ2) is 9.62. The molecule has 0 saturated carbocycles. The number of aliphatic hydroxyl groups is 1. The lowest BCUT2D eigenvalue weighted by Crippen LogP contribution is -2.46. The summed E-state index contributed by atoms with van der Waals surface area (Å²) in [7, 11) is 0. The maximum absolute atomic E-state index is 9.16. The van der Waals surface area contributed by atoms with Crippen LogP contribution in [0.15, 0.2) is 17.6 Å². The fraction of sp³-hybridized carbons (Fsp3) is 0.700. The minimum absolute atomic E-state index is 0. The highest BCUT2D eigenvalue weighted by atomic mass is 79.9. The van der Waals surface area contributed by atoms with Gasteiger partial charge in [0.15, 0.2) is 5.96 Å². The van der Waals surface area contributed by atoms with Crippen LogP contribution in [0.3, 0.4) is 0 Å². The highest BCUT2D eigenvalue weighted by Crippen LogP contribution is 1.89. The first-order chi connectivity index (χ1) is 7.33. The molecular weight excluding hydrogens is 274 g/mol. The zero-order valence-electron chi connectivity index (χ0n) is 9.32. The van der Waals surface area contributed by atoms with E-state index in [0.29, 0.717) is 26.3 Å². The van der Waals surface area contributed by atoms with E-state index in [2.05, 4.69) is 22.2 Å². The van der Waals surface area contributed by atoms with Crippen LogP contribution in [-0.4, -0.2) is 50.0 Å². The van der Waals surface area contributed by atoms with E-state index in [-0.39, 0.29) is 23.1 Å². The van der Waals surface area contributed by atoms with Gasteiger partial charge in [-0.25, -0.2) is 0 Å². The summed E-state index contributed by atoms with van der Waals surface area (Å²) in [6.07, 6.45) is 2.35. The molecule has 6 heteroatoms.